The quantitative estimate of drug-likeness (QED) is 0.205. The van der Waals surface area contributed by atoms with Gasteiger partial charge in [0.2, 0.25) is 0 Å². The molecule has 0 spiro atoms. The maximum absolute atomic E-state index is 13.2. The zero-order valence-electron chi connectivity index (χ0n) is 19.5. The van der Waals surface area contributed by atoms with Crippen LogP contribution in [0.15, 0.2) is 127 Å². The van der Waals surface area contributed by atoms with Gasteiger partial charge in [-0.15, -0.1) is 0 Å². The lowest BCUT2D eigenvalue weighted by atomic mass is 9.79. The lowest BCUT2D eigenvalue weighted by Crippen LogP contribution is -2.34. The van der Waals surface area contributed by atoms with E-state index in [0.717, 1.165) is 44.3 Å². The monoisotopic (exact) mass is 452 g/mol. The van der Waals surface area contributed by atoms with Crippen LogP contribution in [0.3, 0.4) is 0 Å². The van der Waals surface area contributed by atoms with Crippen molar-refractivity contribution < 1.29 is 9.53 Å². The third-order valence-electron chi connectivity index (χ3n) is 6.87. The smallest absolute Gasteiger partial charge is 0.334 e. The number of ether oxygens (including phenoxy) is 1. The van der Waals surface area contributed by atoms with E-state index in [4.69, 9.17) is 4.74 Å². The Morgan fingerprint density at radius 1 is 0.657 bits per heavy atom. The van der Waals surface area contributed by atoms with E-state index in [1.807, 2.05) is 42.5 Å². The van der Waals surface area contributed by atoms with Gasteiger partial charge in [-0.3, -0.25) is 0 Å². The Bertz CT molecular complexity index is 1610. The minimum Gasteiger partial charge on any atom is -0.441 e. The number of hydrogen-bond donors (Lipinski definition) is 0. The van der Waals surface area contributed by atoms with Gasteiger partial charge in [-0.25, -0.2) is 4.79 Å². The fourth-order valence-corrected chi connectivity index (χ4v) is 5.36. The topological polar surface area (TPSA) is 26.3 Å². The summed E-state index contributed by atoms with van der Waals surface area (Å²) in [4.78, 5) is 13.2. The summed E-state index contributed by atoms with van der Waals surface area (Å²) < 4.78 is 6.54. The van der Waals surface area contributed by atoms with Crippen LogP contribution in [0.1, 0.15) is 23.6 Å². The molecule has 0 bridgehead atoms. The molecular weight excluding hydrogens is 428 g/mol. The second-order valence-electron chi connectivity index (χ2n) is 9.02. The summed E-state index contributed by atoms with van der Waals surface area (Å²) in [5, 5.41) is 2.33. The van der Waals surface area contributed by atoms with Gasteiger partial charge in [-0.1, -0.05) is 122 Å². The first-order valence-corrected chi connectivity index (χ1v) is 11.8. The van der Waals surface area contributed by atoms with E-state index >= 15 is 0 Å². The molecule has 0 radical (unpaired) electrons. The van der Waals surface area contributed by atoms with Gasteiger partial charge in [0.1, 0.15) is 0 Å². The van der Waals surface area contributed by atoms with E-state index in [9.17, 15) is 4.79 Å². The minimum absolute atomic E-state index is 0.369. The highest BCUT2D eigenvalue weighted by Gasteiger charge is 2.49. The second kappa shape index (κ2) is 8.11. The average Bonchev–Trinajstić information content (AvgIpc) is 3.19. The zero-order valence-corrected chi connectivity index (χ0v) is 19.5. The van der Waals surface area contributed by atoms with Crippen LogP contribution in [-0.4, -0.2) is 5.97 Å². The van der Waals surface area contributed by atoms with E-state index in [2.05, 4.69) is 79.4 Å². The van der Waals surface area contributed by atoms with Crippen molar-refractivity contribution in [1.82, 2.24) is 0 Å². The molecule has 5 aromatic rings. The summed E-state index contributed by atoms with van der Waals surface area (Å²) in [6, 6.07) is 39.4. The Balaban J connectivity index is 1.76. The van der Waals surface area contributed by atoms with Crippen LogP contribution < -0.4 is 0 Å². The predicted octanol–water partition coefficient (Wildman–Crippen LogP) is 7.90. The molecule has 0 saturated carbocycles. The van der Waals surface area contributed by atoms with E-state index in [-0.39, 0.29) is 0 Å². The SMILES string of the molecule is C=C(C)C(=O)OC1(c2ccccc2)c2ccccc2-c2cccc(-c3cccc4ccccc34)c21. The molecule has 0 N–H and O–H groups in total. The van der Waals surface area contributed by atoms with Crippen LogP contribution in [0.2, 0.25) is 0 Å². The molecule has 6 rings (SSSR count). The summed E-state index contributed by atoms with van der Waals surface area (Å²) in [6.45, 7) is 5.57. The van der Waals surface area contributed by atoms with Crippen LogP contribution in [0.4, 0.5) is 0 Å². The number of benzene rings is 5. The van der Waals surface area contributed by atoms with Gasteiger partial charge in [0.05, 0.1) is 0 Å². The number of fused-ring (bicyclic) bond motifs is 4. The van der Waals surface area contributed by atoms with Crippen molar-refractivity contribution in [1.29, 1.82) is 0 Å². The summed E-state index contributed by atoms with van der Waals surface area (Å²) in [7, 11) is 0. The molecule has 168 valence electrons. The molecule has 0 aliphatic heterocycles. The normalized spacial score (nSPS) is 15.9. The lowest BCUT2D eigenvalue weighted by molar-refractivity contribution is -0.148. The zero-order chi connectivity index (χ0) is 24.0. The van der Waals surface area contributed by atoms with Crippen LogP contribution in [0, 0.1) is 0 Å². The van der Waals surface area contributed by atoms with Crippen LogP contribution >= 0.6 is 0 Å². The van der Waals surface area contributed by atoms with Crippen molar-refractivity contribution in [3.05, 3.63) is 144 Å². The van der Waals surface area contributed by atoms with E-state index < -0.39 is 11.6 Å². The summed E-state index contributed by atoms with van der Waals surface area (Å²) >= 11 is 0. The average molecular weight is 453 g/mol. The number of carbonyl (C=O) groups is 1. The maximum Gasteiger partial charge on any atom is 0.334 e. The highest BCUT2D eigenvalue weighted by molar-refractivity contribution is 6.01. The molecule has 1 aliphatic carbocycles. The largest absolute Gasteiger partial charge is 0.441 e. The van der Waals surface area contributed by atoms with Crippen molar-refractivity contribution in [2.45, 2.75) is 12.5 Å². The van der Waals surface area contributed by atoms with Crippen molar-refractivity contribution in [3.8, 4) is 22.3 Å². The van der Waals surface area contributed by atoms with Gasteiger partial charge >= 0.3 is 5.97 Å². The molecule has 0 fully saturated rings. The first-order chi connectivity index (χ1) is 17.1. The highest BCUT2D eigenvalue weighted by Crippen LogP contribution is 2.56. The molecule has 1 atom stereocenters. The summed E-state index contributed by atoms with van der Waals surface area (Å²) in [5.41, 5.74) is 6.43. The van der Waals surface area contributed by atoms with Crippen molar-refractivity contribution in [2.75, 3.05) is 0 Å². The predicted molar refractivity (Wildman–Crippen MR) is 142 cm³/mol. The van der Waals surface area contributed by atoms with Gasteiger partial charge in [-0.05, 0) is 39.9 Å². The summed E-state index contributed by atoms with van der Waals surface area (Å²) in [5.74, 6) is -0.413. The van der Waals surface area contributed by atoms with Crippen molar-refractivity contribution >= 4 is 16.7 Å². The molecule has 0 saturated heterocycles. The van der Waals surface area contributed by atoms with E-state index in [1.165, 1.54) is 5.39 Å². The van der Waals surface area contributed by atoms with Gasteiger partial charge in [-0.2, -0.15) is 0 Å². The van der Waals surface area contributed by atoms with E-state index in [1.54, 1.807) is 6.92 Å². The highest BCUT2D eigenvalue weighted by atomic mass is 16.6. The third kappa shape index (κ3) is 3.14. The Morgan fingerprint density at radius 3 is 2.03 bits per heavy atom. The Morgan fingerprint density at radius 2 is 1.23 bits per heavy atom. The number of hydrogen-bond acceptors (Lipinski definition) is 2. The van der Waals surface area contributed by atoms with Gasteiger partial charge < -0.3 is 4.74 Å². The Labute approximate surface area is 205 Å². The molecule has 0 amide bonds. The third-order valence-corrected chi connectivity index (χ3v) is 6.87. The summed E-state index contributed by atoms with van der Waals surface area (Å²) in [6.07, 6.45) is 0. The number of carbonyl (C=O) groups excluding carboxylic acids is 1. The number of rotatable bonds is 4. The Hall–Kier alpha value is -4.43. The van der Waals surface area contributed by atoms with Gasteiger partial charge in [0.25, 0.3) is 0 Å². The molecule has 2 heteroatoms. The van der Waals surface area contributed by atoms with Gasteiger partial charge in [0.15, 0.2) is 5.60 Å². The molecule has 1 aliphatic rings. The fourth-order valence-electron chi connectivity index (χ4n) is 5.36. The molecule has 0 heterocycles. The number of esters is 1. The molecule has 1 unspecified atom stereocenters. The first-order valence-electron chi connectivity index (χ1n) is 11.8. The standard InChI is InChI=1S/C33H24O2/c1-22(2)32(34)35-33(24-14-4-3-5-15-24)30-21-9-8-17-27(30)29-20-11-19-28(31(29)33)26-18-10-13-23-12-6-7-16-25(23)26/h3-21H,1H2,2H3. The van der Waals surface area contributed by atoms with E-state index in [0.29, 0.717) is 5.57 Å². The van der Waals surface area contributed by atoms with Crippen molar-refractivity contribution in [3.63, 3.8) is 0 Å². The molecule has 2 nitrogen and oxygen atoms in total. The Kier molecular flexibility index (Phi) is 4.89. The maximum atomic E-state index is 13.2. The molecule has 35 heavy (non-hydrogen) atoms. The van der Waals surface area contributed by atoms with Crippen molar-refractivity contribution in [2.24, 2.45) is 0 Å². The van der Waals surface area contributed by atoms with Crippen LogP contribution in [0.5, 0.6) is 0 Å². The second-order valence-corrected chi connectivity index (χ2v) is 9.02. The molecule has 5 aromatic carbocycles. The lowest BCUT2D eigenvalue weighted by Gasteiger charge is -2.34. The minimum atomic E-state index is -1.10. The molecular formula is C33H24O2. The first kappa shape index (κ1) is 21.1. The van der Waals surface area contributed by atoms with Crippen LogP contribution in [0.25, 0.3) is 33.0 Å². The fraction of sp³-hybridized carbons (Fsp3) is 0.0606. The van der Waals surface area contributed by atoms with Crippen LogP contribution in [-0.2, 0) is 15.1 Å². The molecule has 0 aromatic heterocycles. The van der Waals surface area contributed by atoms with Gasteiger partial charge in [0, 0.05) is 22.3 Å².